The summed E-state index contributed by atoms with van der Waals surface area (Å²) in [5.74, 6) is -1.86. The van der Waals surface area contributed by atoms with Crippen molar-refractivity contribution in [3.8, 4) is 5.75 Å². The van der Waals surface area contributed by atoms with Crippen LogP contribution in [0, 0.1) is 5.82 Å². The highest BCUT2D eigenvalue weighted by molar-refractivity contribution is 5.67. The van der Waals surface area contributed by atoms with E-state index in [1.165, 1.54) is 6.07 Å². The van der Waals surface area contributed by atoms with Crippen LogP contribution in [0.2, 0.25) is 0 Å². The number of phenolic OH excluding ortho intramolecular Hbond substituents is 1. The molecule has 0 bridgehead atoms. The van der Waals surface area contributed by atoms with Crippen molar-refractivity contribution in [1.29, 1.82) is 0 Å². The summed E-state index contributed by atoms with van der Waals surface area (Å²) in [6, 6.07) is 2.40. The minimum Gasteiger partial charge on any atom is -0.508 e. The molecule has 0 fully saturated rings. The highest BCUT2D eigenvalue weighted by atomic mass is 19.1. The summed E-state index contributed by atoms with van der Waals surface area (Å²) in [4.78, 5) is 10.3. The monoisotopic (exact) mass is 199 g/mol. The molecule has 4 N–H and O–H groups in total. The number of hydrogen-bond donors (Lipinski definition) is 3. The van der Waals surface area contributed by atoms with Crippen LogP contribution >= 0.6 is 0 Å². The van der Waals surface area contributed by atoms with E-state index < -0.39 is 17.8 Å². The molecule has 1 aromatic carbocycles. The zero-order valence-electron chi connectivity index (χ0n) is 7.27. The second kappa shape index (κ2) is 4.06. The first kappa shape index (κ1) is 10.5. The van der Waals surface area contributed by atoms with Crippen LogP contribution in [-0.2, 0) is 4.79 Å². The van der Waals surface area contributed by atoms with Gasteiger partial charge in [0.15, 0.2) is 0 Å². The van der Waals surface area contributed by atoms with E-state index in [2.05, 4.69) is 0 Å². The van der Waals surface area contributed by atoms with Gasteiger partial charge in [0.05, 0.1) is 6.42 Å². The summed E-state index contributed by atoms with van der Waals surface area (Å²) >= 11 is 0. The van der Waals surface area contributed by atoms with Gasteiger partial charge in [-0.25, -0.2) is 4.39 Å². The van der Waals surface area contributed by atoms with Crippen LogP contribution in [0.1, 0.15) is 18.0 Å². The summed E-state index contributed by atoms with van der Waals surface area (Å²) in [6.07, 6.45) is -0.375. The third-order valence-electron chi connectivity index (χ3n) is 1.77. The Labute approximate surface area is 79.8 Å². The van der Waals surface area contributed by atoms with Gasteiger partial charge in [-0.1, -0.05) is 0 Å². The first-order chi connectivity index (χ1) is 6.50. The van der Waals surface area contributed by atoms with Gasteiger partial charge in [-0.3, -0.25) is 4.79 Å². The van der Waals surface area contributed by atoms with Gasteiger partial charge in [0.25, 0.3) is 0 Å². The quantitative estimate of drug-likeness (QED) is 0.678. The van der Waals surface area contributed by atoms with Crippen molar-refractivity contribution in [2.75, 3.05) is 0 Å². The molecule has 0 aliphatic heterocycles. The van der Waals surface area contributed by atoms with Gasteiger partial charge in [-0.05, 0) is 18.2 Å². The molecule has 0 saturated heterocycles. The molecule has 0 aliphatic carbocycles. The Kier molecular flexibility index (Phi) is 3.03. The topological polar surface area (TPSA) is 83.6 Å². The van der Waals surface area contributed by atoms with Crippen LogP contribution in [0.5, 0.6) is 5.75 Å². The zero-order chi connectivity index (χ0) is 10.7. The van der Waals surface area contributed by atoms with E-state index in [0.717, 1.165) is 12.1 Å². The van der Waals surface area contributed by atoms with Crippen molar-refractivity contribution in [1.82, 2.24) is 0 Å². The Bertz CT molecular complexity index is 354. The number of aromatic hydroxyl groups is 1. The number of carboxylic acids is 1. The third-order valence-corrected chi connectivity index (χ3v) is 1.77. The average Bonchev–Trinajstić information content (AvgIpc) is 2.08. The lowest BCUT2D eigenvalue weighted by atomic mass is 10.0. The second-order valence-corrected chi connectivity index (χ2v) is 2.91. The summed E-state index contributed by atoms with van der Waals surface area (Å²) < 4.78 is 13.1. The first-order valence-corrected chi connectivity index (χ1v) is 3.96. The molecule has 0 aliphatic rings. The molecule has 0 radical (unpaired) electrons. The summed E-state index contributed by atoms with van der Waals surface area (Å²) in [6.45, 7) is 0. The minimum atomic E-state index is -1.11. The smallest absolute Gasteiger partial charge is 0.305 e. The molecule has 0 unspecified atom stereocenters. The summed E-state index contributed by atoms with van der Waals surface area (Å²) in [5.41, 5.74) is 5.44. The van der Waals surface area contributed by atoms with Gasteiger partial charge in [0.1, 0.15) is 11.6 Å². The zero-order valence-corrected chi connectivity index (χ0v) is 7.27. The number of rotatable bonds is 3. The fourth-order valence-corrected chi connectivity index (χ4v) is 1.11. The Morgan fingerprint density at radius 3 is 2.79 bits per heavy atom. The standard InChI is InChI=1S/C9H10FNO3/c10-7-2-1-5(12)3-6(7)8(11)4-9(13)14/h1-3,8,12H,4,11H2,(H,13,14)/t8-/m0/s1. The van der Waals surface area contributed by atoms with Gasteiger partial charge in [0.2, 0.25) is 0 Å². The SMILES string of the molecule is N[C@@H](CC(=O)O)c1cc(O)ccc1F. The predicted octanol–water partition coefficient (Wildman–Crippen LogP) is 1.01. The molecule has 1 aromatic rings. The largest absolute Gasteiger partial charge is 0.508 e. The minimum absolute atomic E-state index is 0.00685. The fourth-order valence-electron chi connectivity index (χ4n) is 1.11. The van der Waals surface area contributed by atoms with Crippen LogP contribution in [0.25, 0.3) is 0 Å². The summed E-state index contributed by atoms with van der Waals surface area (Å²) in [7, 11) is 0. The second-order valence-electron chi connectivity index (χ2n) is 2.91. The van der Waals surface area contributed by atoms with E-state index in [-0.39, 0.29) is 17.7 Å². The molecular weight excluding hydrogens is 189 g/mol. The van der Waals surface area contributed by atoms with E-state index in [1.807, 2.05) is 0 Å². The van der Waals surface area contributed by atoms with Gasteiger partial charge >= 0.3 is 5.97 Å². The summed E-state index contributed by atoms with van der Waals surface area (Å²) in [5, 5.41) is 17.5. The normalized spacial score (nSPS) is 12.4. The molecule has 1 rings (SSSR count). The number of aliphatic carboxylic acids is 1. The Morgan fingerprint density at radius 1 is 1.57 bits per heavy atom. The number of benzene rings is 1. The number of phenols is 1. The number of carbonyl (C=O) groups is 1. The molecule has 5 heteroatoms. The molecule has 0 spiro atoms. The van der Waals surface area contributed by atoms with Crippen LogP contribution in [0.4, 0.5) is 4.39 Å². The van der Waals surface area contributed by atoms with Gasteiger partial charge in [0, 0.05) is 11.6 Å². The van der Waals surface area contributed by atoms with Crippen LogP contribution in [-0.4, -0.2) is 16.2 Å². The Balaban J connectivity index is 2.93. The lowest BCUT2D eigenvalue weighted by Crippen LogP contribution is -2.16. The van der Waals surface area contributed by atoms with Crippen LogP contribution < -0.4 is 5.73 Å². The Morgan fingerprint density at radius 2 is 2.21 bits per heavy atom. The van der Waals surface area contributed by atoms with Crippen molar-refractivity contribution in [3.63, 3.8) is 0 Å². The molecule has 14 heavy (non-hydrogen) atoms. The van der Waals surface area contributed by atoms with Gasteiger partial charge in [-0.2, -0.15) is 0 Å². The van der Waals surface area contributed by atoms with E-state index in [4.69, 9.17) is 15.9 Å². The predicted molar refractivity (Wildman–Crippen MR) is 47.2 cm³/mol. The molecule has 1 atom stereocenters. The number of halogens is 1. The maximum Gasteiger partial charge on any atom is 0.305 e. The molecule has 0 saturated carbocycles. The first-order valence-electron chi connectivity index (χ1n) is 3.96. The Hall–Kier alpha value is -1.62. The van der Waals surface area contributed by atoms with Crippen molar-refractivity contribution >= 4 is 5.97 Å². The van der Waals surface area contributed by atoms with Gasteiger partial charge < -0.3 is 15.9 Å². The third kappa shape index (κ3) is 2.43. The molecule has 76 valence electrons. The molecule has 0 amide bonds. The molecule has 0 aromatic heterocycles. The highest BCUT2D eigenvalue weighted by Gasteiger charge is 2.15. The van der Waals surface area contributed by atoms with E-state index >= 15 is 0 Å². The van der Waals surface area contributed by atoms with Gasteiger partial charge in [-0.15, -0.1) is 0 Å². The fraction of sp³-hybridized carbons (Fsp3) is 0.222. The number of nitrogens with two attached hydrogens (primary N) is 1. The lowest BCUT2D eigenvalue weighted by Gasteiger charge is -2.10. The average molecular weight is 199 g/mol. The number of hydrogen-bond acceptors (Lipinski definition) is 3. The van der Waals surface area contributed by atoms with Crippen molar-refractivity contribution < 1.29 is 19.4 Å². The van der Waals surface area contributed by atoms with Crippen molar-refractivity contribution in [2.45, 2.75) is 12.5 Å². The van der Waals surface area contributed by atoms with Crippen molar-refractivity contribution in [3.05, 3.63) is 29.6 Å². The van der Waals surface area contributed by atoms with Crippen LogP contribution in [0.15, 0.2) is 18.2 Å². The highest BCUT2D eigenvalue weighted by Crippen LogP contribution is 2.22. The van der Waals surface area contributed by atoms with Crippen LogP contribution in [0.3, 0.4) is 0 Å². The molecular formula is C9H10FNO3. The molecule has 0 heterocycles. The lowest BCUT2D eigenvalue weighted by molar-refractivity contribution is -0.137. The number of carboxylic acid groups (broad SMARTS) is 1. The van der Waals surface area contributed by atoms with Crippen molar-refractivity contribution in [2.24, 2.45) is 5.73 Å². The molecule has 4 nitrogen and oxygen atoms in total. The maximum atomic E-state index is 13.1. The van der Waals surface area contributed by atoms with E-state index in [9.17, 15) is 9.18 Å². The van der Waals surface area contributed by atoms with E-state index in [0.29, 0.717) is 0 Å². The van der Waals surface area contributed by atoms with E-state index in [1.54, 1.807) is 0 Å². The maximum absolute atomic E-state index is 13.1.